The van der Waals surface area contributed by atoms with Crippen molar-refractivity contribution < 1.29 is 18.7 Å². The van der Waals surface area contributed by atoms with Gasteiger partial charge in [0.05, 0.1) is 12.1 Å². The van der Waals surface area contributed by atoms with Crippen molar-refractivity contribution in [3.63, 3.8) is 0 Å². The van der Waals surface area contributed by atoms with Crippen molar-refractivity contribution >= 4 is 5.91 Å². The third-order valence-corrected chi connectivity index (χ3v) is 4.43. The average molecular weight is 338 g/mol. The molecule has 1 amide bonds. The van der Waals surface area contributed by atoms with Crippen molar-refractivity contribution in [2.24, 2.45) is 0 Å². The second kappa shape index (κ2) is 6.14. The second-order valence-corrected chi connectivity index (χ2v) is 5.89. The van der Waals surface area contributed by atoms with Crippen molar-refractivity contribution in [3.05, 3.63) is 89.4 Å². The molecule has 5 nitrogen and oxygen atoms in total. The fourth-order valence-electron chi connectivity index (χ4n) is 3.16. The van der Waals surface area contributed by atoms with Gasteiger partial charge in [0.1, 0.15) is 12.1 Å². The van der Waals surface area contributed by atoms with Gasteiger partial charge in [-0.15, -0.1) is 0 Å². The van der Waals surface area contributed by atoms with Gasteiger partial charge in [-0.25, -0.2) is 9.37 Å². The molecular weight excluding hydrogens is 323 g/mol. The summed E-state index contributed by atoms with van der Waals surface area (Å²) in [5.74, 6) is -0.604. The predicted octanol–water partition coefficient (Wildman–Crippen LogP) is 3.09. The van der Waals surface area contributed by atoms with E-state index in [1.807, 2.05) is 0 Å². The van der Waals surface area contributed by atoms with E-state index in [0.717, 1.165) is 5.56 Å². The van der Waals surface area contributed by atoms with Crippen LogP contribution < -0.4 is 0 Å². The van der Waals surface area contributed by atoms with Crippen LogP contribution >= 0.6 is 0 Å². The first-order chi connectivity index (χ1) is 12.1. The highest BCUT2D eigenvalue weighted by Crippen LogP contribution is 2.35. The van der Waals surface area contributed by atoms with Gasteiger partial charge in [-0.1, -0.05) is 30.3 Å². The molecule has 2 unspecified atom stereocenters. The molecule has 0 saturated carbocycles. The lowest BCUT2D eigenvalue weighted by molar-refractivity contribution is 0.0155. The van der Waals surface area contributed by atoms with Crippen LogP contribution in [0.2, 0.25) is 0 Å². The highest BCUT2D eigenvalue weighted by atomic mass is 19.1. The van der Waals surface area contributed by atoms with E-state index in [2.05, 4.69) is 4.98 Å². The molecular formula is C19H15FN2O3. The Morgan fingerprint density at radius 2 is 1.96 bits per heavy atom. The summed E-state index contributed by atoms with van der Waals surface area (Å²) >= 11 is 0. The fraction of sp³-hybridized carbons (Fsp3) is 0.158. The van der Waals surface area contributed by atoms with Crippen LogP contribution in [0.3, 0.4) is 0 Å². The summed E-state index contributed by atoms with van der Waals surface area (Å²) in [6.45, 7) is 0.167. The van der Waals surface area contributed by atoms with Crippen molar-refractivity contribution in [2.75, 3.05) is 6.54 Å². The lowest BCUT2D eigenvalue weighted by atomic mass is 9.98. The van der Waals surface area contributed by atoms with Crippen molar-refractivity contribution in [1.82, 2.24) is 9.88 Å². The molecule has 0 fully saturated rings. The third kappa shape index (κ3) is 2.70. The standard InChI is InChI=1S/C19H15FN2O3/c20-13-7-5-12(6-8-13)16(17-21-9-10-25-17)11-22-18(23)14-3-1-2-4-15(14)19(22)24/h1-10,16,18,23H,11H2. The average Bonchev–Trinajstić information content (AvgIpc) is 3.24. The third-order valence-electron chi connectivity index (χ3n) is 4.43. The molecule has 1 aliphatic heterocycles. The van der Waals surface area contributed by atoms with Gasteiger partial charge in [0.15, 0.2) is 6.23 Å². The zero-order valence-corrected chi connectivity index (χ0v) is 13.2. The molecule has 1 aromatic heterocycles. The van der Waals surface area contributed by atoms with Gasteiger partial charge in [-0.3, -0.25) is 4.79 Å². The molecule has 2 atom stereocenters. The molecule has 2 heterocycles. The summed E-state index contributed by atoms with van der Waals surface area (Å²) in [4.78, 5) is 18.2. The number of halogens is 1. The van der Waals surface area contributed by atoms with Gasteiger partial charge in [0.2, 0.25) is 5.89 Å². The van der Waals surface area contributed by atoms with E-state index in [-0.39, 0.29) is 18.3 Å². The smallest absolute Gasteiger partial charge is 0.256 e. The largest absolute Gasteiger partial charge is 0.448 e. The Hall–Kier alpha value is -2.99. The number of fused-ring (bicyclic) bond motifs is 1. The monoisotopic (exact) mass is 338 g/mol. The Morgan fingerprint density at radius 1 is 1.20 bits per heavy atom. The minimum absolute atomic E-state index is 0.167. The molecule has 6 heteroatoms. The van der Waals surface area contributed by atoms with Crippen molar-refractivity contribution in [3.8, 4) is 0 Å². The number of rotatable bonds is 4. The van der Waals surface area contributed by atoms with Gasteiger partial charge in [0, 0.05) is 17.7 Å². The Balaban J connectivity index is 1.68. The van der Waals surface area contributed by atoms with E-state index < -0.39 is 12.1 Å². The number of carbonyl (C=O) groups is 1. The van der Waals surface area contributed by atoms with Gasteiger partial charge >= 0.3 is 0 Å². The minimum Gasteiger partial charge on any atom is -0.448 e. The van der Waals surface area contributed by atoms with E-state index in [9.17, 15) is 14.3 Å². The number of hydrogen-bond acceptors (Lipinski definition) is 4. The number of aliphatic hydroxyl groups excluding tert-OH is 1. The van der Waals surface area contributed by atoms with Crippen LogP contribution in [0, 0.1) is 5.82 Å². The summed E-state index contributed by atoms with van der Waals surface area (Å²) in [6.07, 6.45) is 1.94. The first-order valence-corrected chi connectivity index (χ1v) is 7.88. The molecule has 25 heavy (non-hydrogen) atoms. The summed E-state index contributed by atoms with van der Waals surface area (Å²) in [5.41, 5.74) is 1.82. The fourth-order valence-corrected chi connectivity index (χ4v) is 3.16. The van der Waals surface area contributed by atoms with Crippen LogP contribution in [0.25, 0.3) is 0 Å². The Kier molecular flexibility index (Phi) is 3.82. The van der Waals surface area contributed by atoms with Crippen LogP contribution in [0.4, 0.5) is 4.39 Å². The number of aliphatic hydroxyl groups is 1. The highest BCUT2D eigenvalue weighted by molar-refractivity contribution is 5.98. The number of benzene rings is 2. The van der Waals surface area contributed by atoms with E-state index in [1.165, 1.54) is 29.5 Å². The van der Waals surface area contributed by atoms with Crippen LogP contribution in [-0.4, -0.2) is 27.4 Å². The molecule has 0 radical (unpaired) electrons. The summed E-state index contributed by atoms with van der Waals surface area (Å²) < 4.78 is 18.7. The Bertz CT molecular complexity index is 893. The number of aromatic nitrogens is 1. The zero-order valence-electron chi connectivity index (χ0n) is 13.2. The first kappa shape index (κ1) is 15.5. The molecule has 3 aromatic rings. The second-order valence-electron chi connectivity index (χ2n) is 5.89. The van der Waals surface area contributed by atoms with Gasteiger partial charge in [-0.05, 0) is 23.8 Å². The number of carbonyl (C=O) groups excluding carboxylic acids is 1. The van der Waals surface area contributed by atoms with Crippen LogP contribution in [-0.2, 0) is 0 Å². The maximum absolute atomic E-state index is 13.3. The molecule has 0 bridgehead atoms. The molecule has 1 aliphatic rings. The minimum atomic E-state index is -1.03. The van der Waals surface area contributed by atoms with Crippen LogP contribution in [0.1, 0.15) is 39.5 Å². The maximum atomic E-state index is 13.3. The van der Waals surface area contributed by atoms with Crippen LogP contribution in [0.5, 0.6) is 0 Å². The molecule has 2 aromatic carbocycles. The number of nitrogens with zero attached hydrogens (tertiary/aromatic N) is 2. The van der Waals surface area contributed by atoms with E-state index in [1.54, 1.807) is 36.4 Å². The van der Waals surface area contributed by atoms with Crippen LogP contribution in [0.15, 0.2) is 65.4 Å². The quantitative estimate of drug-likeness (QED) is 0.794. The Labute approximate surface area is 143 Å². The Morgan fingerprint density at radius 3 is 2.64 bits per heavy atom. The normalized spacial score (nSPS) is 17.6. The molecule has 0 saturated heterocycles. The topological polar surface area (TPSA) is 66.6 Å². The number of hydrogen-bond donors (Lipinski definition) is 1. The van der Waals surface area contributed by atoms with Crippen molar-refractivity contribution in [2.45, 2.75) is 12.1 Å². The van der Waals surface area contributed by atoms with E-state index in [0.29, 0.717) is 17.0 Å². The molecule has 126 valence electrons. The highest BCUT2D eigenvalue weighted by Gasteiger charge is 2.37. The number of amides is 1. The van der Waals surface area contributed by atoms with Crippen molar-refractivity contribution in [1.29, 1.82) is 0 Å². The molecule has 0 spiro atoms. The van der Waals surface area contributed by atoms with Gasteiger partial charge < -0.3 is 14.4 Å². The first-order valence-electron chi connectivity index (χ1n) is 7.88. The summed E-state index contributed by atoms with van der Waals surface area (Å²) in [6, 6.07) is 12.9. The number of oxazole rings is 1. The van der Waals surface area contributed by atoms with Gasteiger partial charge in [0.25, 0.3) is 5.91 Å². The molecule has 4 rings (SSSR count). The van der Waals surface area contributed by atoms with Gasteiger partial charge in [-0.2, -0.15) is 0 Å². The lowest BCUT2D eigenvalue weighted by Gasteiger charge is -2.25. The SMILES string of the molecule is O=C1c2ccccc2C(O)N1CC(c1ccc(F)cc1)c1ncco1. The van der Waals surface area contributed by atoms with E-state index in [4.69, 9.17) is 4.42 Å². The zero-order chi connectivity index (χ0) is 17.4. The maximum Gasteiger partial charge on any atom is 0.256 e. The summed E-state index contributed by atoms with van der Waals surface area (Å²) in [7, 11) is 0. The molecule has 0 aliphatic carbocycles. The molecule has 1 N–H and O–H groups in total. The summed E-state index contributed by atoms with van der Waals surface area (Å²) in [5, 5.41) is 10.5. The lowest BCUT2D eigenvalue weighted by Crippen LogP contribution is -2.32. The van der Waals surface area contributed by atoms with E-state index >= 15 is 0 Å². The predicted molar refractivity (Wildman–Crippen MR) is 87.2 cm³/mol.